The standard InChI is InChI=1S/C19H18Cl2N4O2S/c20-17-6-4-13(8-18(17)21)11-28(26,27)24-16-3-1-2-14(9-16)15-5-7-19-23-22-12-25(19)10-15/h1-4,6,8-9,12,15,24H,5,7,10-11H2/t15-/m0/s1. The number of anilines is 1. The van der Waals surface area contributed by atoms with Crippen molar-refractivity contribution >= 4 is 38.9 Å². The van der Waals surface area contributed by atoms with E-state index in [1.807, 2.05) is 18.2 Å². The third kappa shape index (κ3) is 4.32. The van der Waals surface area contributed by atoms with Crippen LogP contribution in [-0.4, -0.2) is 23.2 Å². The van der Waals surface area contributed by atoms with Crippen molar-refractivity contribution in [2.24, 2.45) is 0 Å². The smallest absolute Gasteiger partial charge is 0.236 e. The van der Waals surface area contributed by atoms with E-state index in [0.717, 1.165) is 30.8 Å². The fraction of sp³-hybridized carbons (Fsp3) is 0.263. The van der Waals surface area contributed by atoms with Gasteiger partial charge in [0.2, 0.25) is 10.0 Å². The summed E-state index contributed by atoms with van der Waals surface area (Å²) in [4.78, 5) is 0. The molecule has 6 nitrogen and oxygen atoms in total. The van der Waals surface area contributed by atoms with Crippen LogP contribution in [0.2, 0.25) is 10.0 Å². The number of hydrogen-bond donors (Lipinski definition) is 1. The highest BCUT2D eigenvalue weighted by molar-refractivity contribution is 7.91. The number of halogens is 2. The molecule has 28 heavy (non-hydrogen) atoms. The van der Waals surface area contributed by atoms with Gasteiger partial charge in [0.15, 0.2) is 0 Å². The van der Waals surface area contributed by atoms with Crippen LogP contribution >= 0.6 is 23.2 Å². The average molecular weight is 437 g/mol. The Morgan fingerprint density at radius 2 is 2.00 bits per heavy atom. The third-order valence-corrected chi connectivity index (χ3v) is 6.80. The Balaban J connectivity index is 1.49. The van der Waals surface area contributed by atoms with E-state index in [1.54, 1.807) is 30.6 Å². The van der Waals surface area contributed by atoms with Crippen LogP contribution < -0.4 is 4.72 Å². The zero-order valence-electron chi connectivity index (χ0n) is 14.8. The van der Waals surface area contributed by atoms with E-state index < -0.39 is 10.0 Å². The van der Waals surface area contributed by atoms with E-state index in [9.17, 15) is 8.42 Å². The molecular formula is C19H18Cl2N4O2S. The van der Waals surface area contributed by atoms with Crippen LogP contribution in [0.5, 0.6) is 0 Å². The topological polar surface area (TPSA) is 76.9 Å². The summed E-state index contributed by atoms with van der Waals surface area (Å²) in [7, 11) is -3.58. The summed E-state index contributed by atoms with van der Waals surface area (Å²) in [5.41, 5.74) is 2.21. The van der Waals surface area contributed by atoms with Gasteiger partial charge in [0, 0.05) is 24.6 Å². The molecule has 0 bridgehead atoms. The molecule has 0 fully saturated rings. The van der Waals surface area contributed by atoms with Crippen LogP contribution in [0.4, 0.5) is 5.69 Å². The van der Waals surface area contributed by atoms with E-state index >= 15 is 0 Å². The van der Waals surface area contributed by atoms with Gasteiger partial charge in [-0.3, -0.25) is 4.72 Å². The minimum Gasteiger partial charge on any atom is -0.317 e. The molecule has 9 heteroatoms. The first kappa shape index (κ1) is 19.2. The van der Waals surface area contributed by atoms with E-state index in [0.29, 0.717) is 27.2 Å². The van der Waals surface area contributed by atoms with Crippen LogP contribution in [0.1, 0.15) is 29.3 Å². The molecular weight excluding hydrogens is 419 g/mol. The van der Waals surface area contributed by atoms with E-state index in [-0.39, 0.29) is 5.75 Å². The Morgan fingerprint density at radius 1 is 1.14 bits per heavy atom. The highest BCUT2D eigenvalue weighted by Gasteiger charge is 2.21. The van der Waals surface area contributed by atoms with Crippen molar-refractivity contribution < 1.29 is 8.42 Å². The summed E-state index contributed by atoms with van der Waals surface area (Å²) in [5, 5.41) is 8.79. The van der Waals surface area contributed by atoms with Crippen molar-refractivity contribution in [1.29, 1.82) is 0 Å². The van der Waals surface area contributed by atoms with Gasteiger partial charge in [-0.25, -0.2) is 8.42 Å². The maximum Gasteiger partial charge on any atom is 0.236 e. The summed E-state index contributed by atoms with van der Waals surface area (Å²) in [6.45, 7) is 0.793. The second kappa shape index (κ2) is 7.73. The fourth-order valence-electron chi connectivity index (χ4n) is 3.45. The van der Waals surface area contributed by atoms with Gasteiger partial charge in [-0.1, -0.05) is 41.4 Å². The molecule has 2 heterocycles. The van der Waals surface area contributed by atoms with Gasteiger partial charge in [-0.05, 0) is 41.8 Å². The number of sulfonamides is 1. The Labute approximate surface area is 173 Å². The van der Waals surface area contributed by atoms with Crippen molar-refractivity contribution in [3.63, 3.8) is 0 Å². The van der Waals surface area contributed by atoms with Gasteiger partial charge in [0.1, 0.15) is 12.2 Å². The number of benzene rings is 2. The summed E-state index contributed by atoms with van der Waals surface area (Å²) < 4.78 is 29.9. The molecule has 0 saturated carbocycles. The molecule has 0 aliphatic carbocycles. The SMILES string of the molecule is O=S(=O)(Cc1ccc(Cl)c(Cl)c1)Nc1cccc([C@H]2CCc3nncn3C2)c1. The van der Waals surface area contributed by atoms with Gasteiger partial charge in [0.25, 0.3) is 0 Å². The van der Waals surface area contributed by atoms with E-state index in [2.05, 4.69) is 19.5 Å². The maximum absolute atomic E-state index is 12.6. The van der Waals surface area contributed by atoms with Crippen molar-refractivity contribution in [2.45, 2.75) is 31.1 Å². The number of rotatable bonds is 5. The Morgan fingerprint density at radius 3 is 2.82 bits per heavy atom. The average Bonchev–Trinajstić information content (AvgIpc) is 3.12. The molecule has 1 N–H and O–H groups in total. The minimum absolute atomic E-state index is 0.179. The highest BCUT2D eigenvalue weighted by Crippen LogP contribution is 2.30. The molecule has 0 spiro atoms. The molecule has 1 aliphatic rings. The van der Waals surface area contributed by atoms with E-state index in [1.165, 1.54) is 0 Å². The molecule has 1 aliphatic heterocycles. The summed E-state index contributed by atoms with van der Waals surface area (Å²) in [6.07, 6.45) is 3.56. The number of nitrogens with zero attached hydrogens (tertiary/aromatic N) is 3. The Hall–Kier alpha value is -2.09. The zero-order valence-corrected chi connectivity index (χ0v) is 17.2. The second-order valence-electron chi connectivity index (χ2n) is 6.87. The lowest BCUT2D eigenvalue weighted by molar-refractivity contribution is 0.456. The maximum atomic E-state index is 12.6. The van der Waals surface area contributed by atoms with Gasteiger partial charge >= 0.3 is 0 Å². The molecule has 3 aromatic rings. The molecule has 2 aromatic carbocycles. The molecule has 4 rings (SSSR count). The number of aryl methyl sites for hydroxylation is 1. The van der Waals surface area contributed by atoms with Gasteiger partial charge in [0.05, 0.1) is 15.8 Å². The monoisotopic (exact) mass is 436 g/mol. The normalized spacial score (nSPS) is 16.6. The van der Waals surface area contributed by atoms with Crippen LogP contribution in [0.25, 0.3) is 0 Å². The largest absolute Gasteiger partial charge is 0.317 e. The highest BCUT2D eigenvalue weighted by atomic mass is 35.5. The number of aromatic nitrogens is 3. The van der Waals surface area contributed by atoms with Crippen molar-refractivity contribution in [1.82, 2.24) is 14.8 Å². The molecule has 0 amide bonds. The van der Waals surface area contributed by atoms with Crippen molar-refractivity contribution in [2.75, 3.05) is 4.72 Å². The Bertz CT molecular complexity index is 1110. The molecule has 1 atom stereocenters. The molecule has 0 saturated heterocycles. The predicted octanol–water partition coefficient (Wildman–Crippen LogP) is 4.26. The summed E-state index contributed by atoms with van der Waals surface area (Å²) >= 11 is 11.9. The first-order valence-corrected chi connectivity index (χ1v) is 11.2. The quantitative estimate of drug-likeness (QED) is 0.647. The van der Waals surface area contributed by atoms with Crippen LogP contribution in [0, 0.1) is 0 Å². The number of nitrogens with one attached hydrogen (secondary N) is 1. The van der Waals surface area contributed by atoms with Crippen LogP contribution in [0.15, 0.2) is 48.8 Å². The van der Waals surface area contributed by atoms with E-state index in [4.69, 9.17) is 23.2 Å². The van der Waals surface area contributed by atoms with Crippen LogP contribution in [-0.2, 0) is 28.7 Å². The van der Waals surface area contributed by atoms with Crippen molar-refractivity contribution in [3.8, 4) is 0 Å². The number of hydrogen-bond acceptors (Lipinski definition) is 4. The van der Waals surface area contributed by atoms with Gasteiger partial charge < -0.3 is 4.57 Å². The predicted molar refractivity (Wildman–Crippen MR) is 110 cm³/mol. The molecule has 0 unspecified atom stereocenters. The van der Waals surface area contributed by atoms with Gasteiger partial charge in [-0.2, -0.15) is 0 Å². The third-order valence-electron chi connectivity index (χ3n) is 4.80. The summed E-state index contributed by atoms with van der Waals surface area (Å²) in [5.74, 6) is 1.11. The number of fused-ring (bicyclic) bond motifs is 1. The van der Waals surface area contributed by atoms with Crippen molar-refractivity contribution in [3.05, 3.63) is 75.8 Å². The lowest BCUT2D eigenvalue weighted by Gasteiger charge is -2.23. The molecule has 1 aromatic heterocycles. The zero-order chi connectivity index (χ0) is 19.7. The Kier molecular flexibility index (Phi) is 5.31. The first-order chi connectivity index (χ1) is 13.4. The second-order valence-corrected chi connectivity index (χ2v) is 9.41. The lowest BCUT2D eigenvalue weighted by atomic mass is 9.91. The minimum atomic E-state index is -3.58. The lowest BCUT2D eigenvalue weighted by Crippen LogP contribution is -2.19. The van der Waals surface area contributed by atoms with Gasteiger partial charge in [-0.15, -0.1) is 10.2 Å². The summed E-state index contributed by atoms with van der Waals surface area (Å²) in [6, 6.07) is 12.4. The first-order valence-electron chi connectivity index (χ1n) is 8.81. The fourth-order valence-corrected chi connectivity index (χ4v) is 4.95. The molecule has 0 radical (unpaired) electrons. The molecule has 146 valence electrons. The van der Waals surface area contributed by atoms with Crippen LogP contribution in [0.3, 0.4) is 0 Å².